The van der Waals surface area contributed by atoms with Crippen molar-refractivity contribution in [3.63, 3.8) is 0 Å². The maximum Gasteiger partial charge on any atom is 0.339 e. The summed E-state index contributed by atoms with van der Waals surface area (Å²) in [6.45, 7) is 1.07. The number of carbonyl (C=O) groups is 1. The third kappa shape index (κ3) is 3.12. The summed E-state index contributed by atoms with van der Waals surface area (Å²) >= 11 is 5.08. The van der Waals surface area contributed by atoms with Crippen LogP contribution in [0.3, 0.4) is 0 Å². The molecule has 0 saturated carbocycles. The number of nitrogens with one attached hydrogen (secondary N) is 1. The van der Waals surface area contributed by atoms with E-state index in [0.29, 0.717) is 18.8 Å². The molecule has 2 rings (SSSR count). The Morgan fingerprint density at radius 3 is 3.00 bits per heavy atom. The van der Waals surface area contributed by atoms with Gasteiger partial charge in [0, 0.05) is 28.6 Å². The zero-order valence-corrected chi connectivity index (χ0v) is 11.7. The van der Waals surface area contributed by atoms with Crippen molar-refractivity contribution in [3.8, 4) is 0 Å². The Bertz CT molecular complexity index is 559. The van der Waals surface area contributed by atoms with E-state index in [4.69, 9.17) is 5.11 Å². The zero-order valence-electron chi connectivity index (χ0n) is 9.26. The van der Waals surface area contributed by atoms with Gasteiger partial charge in [0.15, 0.2) is 0 Å². The van der Waals surface area contributed by atoms with Crippen LogP contribution in [0, 0.1) is 0 Å². The first-order valence-corrected chi connectivity index (χ1v) is 6.80. The number of nitrogens with zero attached hydrogens (tertiary/aromatic N) is 2. The van der Waals surface area contributed by atoms with Gasteiger partial charge in [0.1, 0.15) is 11.9 Å². The quantitative estimate of drug-likeness (QED) is 0.881. The van der Waals surface area contributed by atoms with Crippen molar-refractivity contribution in [2.24, 2.45) is 0 Å². The molecule has 0 aliphatic heterocycles. The Kier molecular flexibility index (Phi) is 4.40. The minimum Gasteiger partial charge on any atom is -0.478 e. The fourth-order valence-corrected chi connectivity index (χ4v) is 2.88. The number of hydrogen-bond acceptors (Lipinski definition) is 5. The Morgan fingerprint density at radius 2 is 2.33 bits per heavy atom. The number of rotatable bonds is 5. The van der Waals surface area contributed by atoms with Gasteiger partial charge >= 0.3 is 5.97 Å². The molecule has 0 aliphatic rings. The van der Waals surface area contributed by atoms with Gasteiger partial charge in [-0.15, -0.1) is 11.3 Å². The van der Waals surface area contributed by atoms with Crippen LogP contribution in [0.25, 0.3) is 0 Å². The van der Waals surface area contributed by atoms with Crippen LogP contribution in [0.2, 0.25) is 0 Å². The van der Waals surface area contributed by atoms with Crippen molar-refractivity contribution in [2.75, 3.05) is 0 Å². The van der Waals surface area contributed by atoms with Crippen LogP contribution in [-0.2, 0) is 13.1 Å². The van der Waals surface area contributed by atoms with E-state index < -0.39 is 5.97 Å². The lowest BCUT2D eigenvalue weighted by Crippen LogP contribution is -2.16. The SMILES string of the molecule is O=C(O)c1cncnc1CNCc1sccc1Br. The number of halogens is 1. The normalized spacial score (nSPS) is 10.5. The van der Waals surface area contributed by atoms with Crippen LogP contribution < -0.4 is 5.32 Å². The smallest absolute Gasteiger partial charge is 0.339 e. The summed E-state index contributed by atoms with van der Waals surface area (Å²) in [5, 5.41) is 14.1. The Balaban J connectivity index is 1.99. The second-order valence-corrected chi connectivity index (χ2v) is 5.34. The highest BCUT2D eigenvalue weighted by Gasteiger charge is 2.11. The summed E-state index contributed by atoms with van der Waals surface area (Å²) in [7, 11) is 0. The van der Waals surface area contributed by atoms with Crippen molar-refractivity contribution >= 4 is 33.2 Å². The second-order valence-electron chi connectivity index (χ2n) is 3.48. The molecule has 18 heavy (non-hydrogen) atoms. The van der Waals surface area contributed by atoms with Gasteiger partial charge in [-0.1, -0.05) is 0 Å². The lowest BCUT2D eigenvalue weighted by atomic mass is 10.2. The highest BCUT2D eigenvalue weighted by Crippen LogP contribution is 2.22. The van der Waals surface area contributed by atoms with Gasteiger partial charge in [-0.2, -0.15) is 0 Å². The van der Waals surface area contributed by atoms with Gasteiger partial charge in [0.05, 0.1) is 5.69 Å². The molecule has 2 aromatic heterocycles. The van der Waals surface area contributed by atoms with Crippen LogP contribution in [-0.4, -0.2) is 21.0 Å². The predicted octanol–water partition coefficient (Wildman–Crippen LogP) is 2.29. The van der Waals surface area contributed by atoms with Crippen LogP contribution in [0.4, 0.5) is 0 Å². The van der Waals surface area contributed by atoms with Crippen LogP contribution in [0.15, 0.2) is 28.4 Å². The highest BCUT2D eigenvalue weighted by atomic mass is 79.9. The number of carboxylic acids is 1. The molecule has 0 aromatic carbocycles. The second kappa shape index (κ2) is 6.03. The molecule has 2 heterocycles. The van der Waals surface area contributed by atoms with E-state index in [-0.39, 0.29) is 5.56 Å². The summed E-state index contributed by atoms with van der Waals surface area (Å²) in [6.07, 6.45) is 2.66. The monoisotopic (exact) mass is 327 g/mol. The van der Waals surface area contributed by atoms with E-state index >= 15 is 0 Å². The number of carboxylic acid groups (broad SMARTS) is 1. The number of thiophene rings is 1. The maximum absolute atomic E-state index is 11.0. The van der Waals surface area contributed by atoms with Crippen LogP contribution in [0.1, 0.15) is 20.9 Å². The van der Waals surface area contributed by atoms with Crippen molar-refractivity contribution < 1.29 is 9.90 Å². The van der Waals surface area contributed by atoms with Crippen LogP contribution >= 0.6 is 27.3 Å². The van der Waals surface area contributed by atoms with E-state index in [1.807, 2.05) is 11.4 Å². The minimum absolute atomic E-state index is 0.134. The molecule has 0 unspecified atom stereocenters. The molecule has 0 fully saturated rings. The predicted molar refractivity (Wildman–Crippen MR) is 71.6 cm³/mol. The molecular weight excluding hydrogens is 318 g/mol. The molecule has 0 atom stereocenters. The van der Waals surface area contributed by atoms with Crippen molar-refractivity contribution in [1.82, 2.24) is 15.3 Å². The molecule has 5 nitrogen and oxygen atoms in total. The van der Waals surface area contributed by atoms with E-state index in [9.17, 15) is 4.79 Å². The first-order valence-electron chi connectivity index (χ1n) is 5.13. The van der Waals surface area contributed by atoms with Gasteiger partial charge < -0.3 is 10.4 Å². The molecule has 0 spiro atoms. The largest absolute Gasteiger partial charge is 0.478 e. The Hall–Kier alpha value is -1.31. The van der Waals surface area contributed by atoms with Gasteiger partial charge in [-0.05, 0) is 27.4 Å². The lowest BCUT2D eigenvalue weighted by molar-refractivity contribution is 0.0694. The number of hydrogen-bond donors (Lipinski definition) is 2. The average Bonchev–Trinajstić information content (AvgIpc) is 2.76. The highest BCUT2D eigenvalue weighted by molar-refractivity contribution is 9.10. The summed E-state index contributed by atoms with van der Waals surface area (Å²) in [5.74, 6) is -1.01. The average molecular weight is 328 g/mol. The van der Waals surface area contributed by atoms with E-state index in [1.165, 1.54) is 17.4 Å². The van der Waals surface area contributed by atoms with Crippen molar-refractivity contribution in [3.05, 3.63) is 44.6 Å². The van der Waals surface area contributed by atoms with E-state index in [1.54, 1.807) is 11.3 Å². The molecule has 2 aromatic rings. The Labute approximate surface area is 116 Å². The third-order valence-electron chi connectivity index (χ3n) is 2.29. The van der Waals surface area contributed by atoms with Gasteiger partial charge in [-0.3, -0.25) is 0 Å². The summed E-state index contributed by atoms with van der Waals surface area (Å²) in [4.78, 5) is 19.8. The first-order chi connectivity index (χ1) is 8.68. The molecule has 0 radical (unpaired) electrons. The van der Waals surface area contributed by atoms with Crippen molar-refractivity contribution in [1.29, 1.82) is 0 Å². The fraction of sp³-hybridized carbons (Fsp3) is 0.182. The molecule has 7 heteroatoms. The molecule has 0 amide bonds. The zero-order chi connectivity index (χ0) is 13.0. The third-order valence-corrected chi connectivity index (χ3v) is 4.22. The molecular formula is C11H10BrN3O2S. The van der Waals surface area contributed by atoms with E-state index in [2.05, 4.69) is 31.2 Å². The molecule has 94 valence electrons. The minimum atomic E-state index is -1.01. The molecule has 0 bridgehead atoms. The number of aromatic carboxylic acids is 1. The summed E-state index contributed by atoms with van der Waals surface area (Å²) in [5.41, 5.74) is 0.625. The summed E-state index contributed by atoms with van der Waals surface area (Å²) in [6, 6.07) is 1.98. The summed E-state index contributed by atoms with van der Waals surface area (Å²) < 4.78 is 1.06. The lowest BCUT2D eigenvalue weighted by Gasteiger charge is -2.05. The maximum atomic E-state index is 11.0. The van der Waals surface area contributed by atoms with E-state index in [0.717, 1.165) is 4.47 Å². The molecule has 0 saturated heterocycles. The van der Waals surface area contributed by atoms with Gasteiger partial charge in [-0.25, -0.2) is 14.8 Å². The first kappa shape index (κ1) is 13.1. The standard InChI is InChI=1S/C11H10BrN3O2S/c12-8-1-2-18-10(8)5-13-4-9-7(11(16)17)3-14-6-15-9/h1-3,6,13H,4-5H2,(H,16,17). The molecule has 0 aliphatic carbocycles. The molecule has 2 N–H and O–H groups in total. The van der Waals surface area contributed by atoms with Gasteiger partial charge in [0.25, 0.3) is 0 Å². The fourth-order valence-electron chi connectivity index (χ4n) is 1.42. The number of aromatic nitrogens is 2. The van der Waals surface area contributed by atoms with Crippen molar-refractivity contribution in [2.45, 2.75) is 13.1 Å². The topological polar surface area (TPSA) is 75.1 Å². The Morgan fingerprint density at radius 1 is 1.50 bits per heavy atom. The van der Waals surface area contributed by atoms with Crippen LogP contribution in [0.5, 0.6) is 0 Å². The van der Waals surface area contributed by atoms with Gasteiger partial charge in [0.2, 0.25) is 0 Å².